The number of imidazole rings is 1. The van der Waals surface area contributed by atoms with Crippen molar-refractivity contribution in [1.29, 1.82) is 0 Å². The average molecular weight is 256 g/mol. The highest BCUT2D eigenvalue weighted by molar-refractivity contribution is 5.57. The first-order chi connectivity index (χ1) is 9.20. The Morgan fingerprint density at radius 3 is 2.63 bits per heavy atom. The molecule has 0 spiro atoms. The zero-order valence-electron chi connectivity index (χ0n) is 10.5. The minimum Gasteiger partial charge on any atom is -0.331 e. The predicted octanol–water partition coefficient (Wildman–Crippen LogP) is 2.47. The molecule has 0 unspecified atom stereocenters. The zero-order valence-corrected chi connectivity index (χ0v) is 10.5. The van der Waals surface area contributed by atoms with Crippen LogP contribution in [0.4, 0.5) is 4.39 Å². The van der Waals surface area contributed by atoms with Crippen molar-refractivity contribution in [3.8, 4) is 11.3 Å². The summed E-state index contributed by atoms with van der Waals surface area (Å²) in [7, 11) is 1.89. The SMILES string of the molecule is Cn1ccc(Cn2cnc(-c3ccc(F)cc3)c2)n1. The molecule has 96 valence electrons. The summed E-state index contributed by atoms with van der Waals surface area (Å²) in [5.41, 5.74) is 2.71. The van der Waals surface area contributed by atoms with Crippen LogP contribution in [-0.2, 0) is 13.6 Å². The molecule has 2 heterocycles. The smallest absolute Gasteiger partial charge is 0.123 e. The summed E-state index contributed by atoms with van der Waals surface area (Å²) in [6.07, 6.45) is 5.60. The van der Waals surface area contributed by atoms with E-state index >= 15 is 0 Å². The Morgan fingerprint density at radius 1 is 1.16 bits per heavy atom. The summed E-state index contributed by atoms with van der Waals surface area (Å²) in [4.78, 5) is 4.33. The van der Waals surface area contributed by atoms with E-state index in [9.17, 15) is 4.39 Å². The third-order valence-corrected chi connectivity index (χ3v) is 2.89. The van der Waals surface area contributed by atoms with Gasteiger partial charge in [0.15, 0.2) is 0 Å². The van der Waals surface area contributed by atoms with Crippen LogP contribution in [0.5, 0.6) is 0 Å². The van der Waals surface area contributed by atoms with E-state index in [0.29, 0.717) is 6.54 Å². The standard InChI is InChI=1S/C14H13FN4/c1-18-7-6-13(17-18)8-19-9-14(16-10-19)11-2-4-12(15)5-3-11/h2-7,9-10H,8H2,1H3. The lowest BCUT2D eigenvalue weighted by Gasteiger charge is -1.98. The highest BCUT2D eigenvalue weighted by Gasteiger charge is 2.04. The third kappa shape index (κ3) is 2.54. The maximum absolute atomic E-state index is 12.9. The van der Waals surface area contributed by atoms with E-state index in [-0.39, 0.29) is 5.82 Å². The first-order valence-corrected chi connectivity index (χ1v) is 5.97. The van der Waals surface area contributed by atoms with Crippen molar-refractivity contribution in [1.82, 2.24) is 19.3 Å². The van der Waals surface area contributed by atoms with Gasteiger partial charge in [0.2, 0.25) is 0 Å². The van der Waals surface area contributed by atoms with Crippen molar-refractivity contribution in [2.24, 2.45) is 7.05 Å². The molecule has 0 radical (unpaired) electrons. The third-order valence-electron chi connectivity index (χ3n) is 2.89. The first kappa shape index (κ1) is 11.6. The first-order valence-electron chi connectivity index (χ1n) is 5.97. The molecule has 0 saturated carbocycles. The minimum atomic E-state index is -0.239. The Morgan fingerprint density at radius 2 is 1.95 bits per heavy atom. The van der Waals surface area contributed by atoms with Gasteiger partial charge in [-0.05, 0) is 30.3 Å². The van der Waals surface area contributed by atoms with Gasteiger partial charge in [-0.3, -0.25) is 4.68 Å². The number of aromatic nitrogens is 4. The van der Waals surface area contributed by atoms with Crippen LogP contribution in [0.1, 0.15) is 5.69 Å². The summed E-state index contributed by atoms with van der Waals surface area (Å²) in [5, 5.41) is 4.32. The highest BCUT2D eigenvalue weighted by Crippen LogP contribution is 2.17. The van der Waals surface area contributed by atoms with Crippen molar-refractivity contribution in [2.45, 2.75) is 6.54 Å². The molecule has 3 aromatic rings. The molecular weight excluding hydrogens is 243 g/mol. The van der Waals surface area contributed by atoms with Crippen LogP contribution in [0, 0.1) is 5.82 Å². The molecular formula is C14H13FN4. The number of nitrogens with zero attached hydrogens (tertiary/aromatic N) is 4. The van der Waals surface area contributed by atoms with E-state index in [1.165, 1.54) is 12.1 Å². The molecule has 5 heteroatoms. The Kier molecular flexibility index (Phi) is 2.87. The lowest BCUT2D eigenvalue weighted by molar-refractivity contribution is 0.628. The second-order valence-corrected chi connectivity index (χ2v) is 4.42. The minimum absolute atomic E-state index is 0.239. The predicted molar refractivity (Wildman–Crippen MR) is 69.9 cm³/mol. The Hall–Kier alpha value is -2.43. The molecule has 0 bridgehead atoms. The molecule has 0 amide bonds. The van der Waals surface area contributed by atoms with E-state index in [1.807, 2.05) is 30.1 Å². The van der Waals surface area contributed by atoms with Crippen LogP contribution < -0.4 is 0 Å². The zero-order chi connectivity index (χ0) is 13.2. The maximum atomic E-state index is 12.9. The number of halogens is 1. The molecule has 2 aromatic heterocycles. The number of hydrogen-bond acceptors (Lipinski definition) is 2. The second kappa shape index (κ2) is 4.68. The van der Waals surface area contributed by atoms with Crippen LogP contribution in [-0.4, -0.2) is 19.3 Å². The van der Waals surface area contributed by atoms with Gasteiger partial charge in [0.1, 0.15) is 5.82 Å². The molecule has 0 N–H and O–H groups in total. The molecule has 0 atom stereocenters. The van der Waals surface area contributed by atoms with Crippen LogP contribution in [0.3, 0.4) is 0 Å². The van der Waals surface area contributed by atoms with E-state index in [4.69, 9.17) is 0 Å². The second-order valence-electron chi connectivity index (χ2n) is 4.42. The van der Waals surface area contributed by atoms with Crippen LogP contribution in [0.2, 0.25) is 0 Å². The largest absolute Gasteiger partial charge is 0.331 e. The number of benzene rings is 1. The highest BCUT2D eigenvalue weighted by atomic mass is 19.1. The summed E-state index contributed by atoms with van der Waals surface area (Å²) in [6, 6.07) is 8.29. The van der Waals surface area contributed by atoms with Gasteiger partial charge in [0, 0.05) is 25.0 Å². The van der Waals surface area contributed by atoms with Crippen molar-refractivity contribution in [3.05, 3.63) is 60.6 Å². The normalized spacial score (nSPS) is 10.8. The Labute approximate surface area is 110 Å². The van der Waals surface area contributed by atoms with Gasteiger partial charge < -0.3 is 4.57 Å². The van der Waals surface area contributed by atoms with Gasteiger partial charge in [-0.25, -0.2) is 9.37 Å². The van der Waals surface area contributed by atoms with E-state index in [0.717, 1.165) is 17.0 Å². The van der Waals surface area contributed by atoms with Gasteiger partial charge in [0.05, 0.1) is 24.3 Å². The average Bonchev–Trinajstić information content (AvgIpc) is 3.00. The summed E-state index contributed by atoms with van der Waals surface area (Å²) in [6.45, 7) is 0.676. The Balaban J connectivity index is 1.81. The Bertz CT molecular complexity index is 682. The fraction of sp³-hybridized carbons (Fsp3) is 0.143. The number of rotatable bonds is 3. The molecule has 0 fully saturated rings. The fourth-order valence-corrected chi connectivity index (χ4v) is 1.95. The van der Waals surface area contributed by atoms with Gasteiger partial charge in [-0.2, -0.15) is 5.10 Å². The molecule has 19 heavy (non-hydrogen) atoms. The van der Waals surface area contributed by atoms with E-state index < -0.39 is 0 Å². The van der Waals surface area contributed by atoms with Gasteiger partial charge >= 0.3 is 0 Å². The van der Waals surface area contributed by atoms with E-state index in [2.05, 4.69) is 10.1 Å². The molecule has 0 aliphatic carbocycles. The van der Waals surface area contributed by atoms with Gasteiger partial charge in [-0.1, -0.05) is 0 Å². The molecule has 0 saturated heterocycles. The topological polar surface area (TPSA) is 35.6 Å². The van der Waals surface area contributed by atoms with Crippen LogP contribution in [0.15, 0.2) is 49.1 Å². The summed E-state index contributed by atoms with van der Waals surface area (Å²) >= 11 is 0. The fourth-order valence-electron chi connectivity index (χ4n) is 1.95. The van der Waals surface area contributed by atoms with Crippen molar-refractivity contribution >= 4 is 0 Å². The monoisotopic (exact) mass is 256 g/mol. The lowest BCUT2D eigenvalue weighted by Crippen LogP contribution is -1.98. The molecule has 1 aromatic carbocycles. The summed E-state index contributed by atoms with van der Waals surface area (Å²) in [5.74, 6) is -0.239. The van der Waals surface area contributed by atoms with Crippen molar-refractivity contribution < 1.29 is 4.39 Å². The van der Waals surface area contributed by atoms with Gasteiger partial charge in [-0.15, -0.1) is 0 Å². The number of hydrogen-bond donors (Lipinski definition) is 0. The van der Waals surface area contributed by atoms with Crippen LogP contribution >= 0.6 is 0 Å². The van der Waals surface area contributed by atoms with Gasteiger partial charge in [0.25, 0.3) is 0 Å². The molecule has 0 aliphatic heterocycles. The molecule has 3 rings (SSSR count). The van der Waals surface area contributed by atoms with E-state index in [1.54, 1.807) is 23.1 Å². The lowest BCUT2D eigenvalue weighted by atomic mass is 10.2. The van der Waals surface area contributed by atoms with Crippen molar-refractivity contribution in [3.63, 3.8) is 0 Å². The number of aryl methyl sites for hydroxylation is 1. The quantitative estimate of drug-likeness (QED) is 0.721. The molecule has 4 nitrogen and oxygen atoms in total. The van der Waals surface area contributed by atoms with Crippen LogP contribution in [0.25, 0.3) is 11.3 Å². The van der Waals surface area contributed by atoms with Crippen molar-refractivity contribution in [2.75, 3.05) is 0 Å². The summed E-state index contributed by atoms with van der Waals surface area (Å²) < 4.78 is 16.6. The maximum Gasteiger partial charge on any atom is 0.123 e. The molecule has 0 aliphatic rings.